The molecule has 2 atom stereocenters. The quantitative estimate of drug-likeness (QED) is 0.0344. The molecule has 0 aliphatic heterocycles. The minimum Gasteiger partial charge on any atom is -0.462 e. The highest BCUT2D eigenvalue weighted by atomic mass is 16.6. The first-order chi connectivity index (χ1) is 29.8. The molecule has 0 radical (unpaired) electrons. The van der Waals surface area contributed by atoms with Crippen molar-refractivity contribution in [2.45, 2.75) is 310 Å². The fourth-order valence-corrected chi connectivity index (χ4v) is 8.31. The smallest absolute Gasteiger partial charge is 0.306 e. The van der Waals surface area contributed by atoms with E-state index in [1.165, 1.54) is 193 Å². The molecular weight excluding hydrogens is 757 g/mol. The maximum atomic E-state index is 12.8. The van der Waals surface area contributed by atoms with Crippen molar-refractivity contribution in [1.29, 1.82) is 0 Å². The monoisotopic (exact) mass is 863 g/mol. The summed E-state index contributed by atoms with van der Waals surface area (Å²) in [5, 5.41) is 0. The fourth-order valence-electron chi connectivity index (χ4n) is 8.31. The molecule has 0 aromatic heterocycles. The fraction of sp³-hybridized carbons (Fsp3) is 0.945. The summed E-state index contributed by atoms with van der Waals surface area (Å²) in [5.41, 5.74) is 0. The third-order valence-corrected chi connectivity index (χ3v) is 12.8. The lowest BCUT2D eigenvalue weighted by Gasteiger charge is -2.18. The van der Waals surface area contributed by atoms with Crippen LogP contribution in [-0.2, 0) is 28.6 Å². The topological polar surface area (TPSA) is 78.9 Å². The van der Waals surface area contributed by atoms with Gasteiger partial charge in [0.2, 0.25) is 0 Å². The number of hydrogen-bond donors (Lipinski definition) is 0. The Balaban J connectivity index is 4.27. The first-order valence-corrected chi connectivity index (χ1v) is 27.3. The number of carbonyl (C=O) groups excluding carboxylic acids is 3. The van der Waals surface area contributed by atoms with Gasteiger partial charge in [-0.15, -0.1) is 0 Å². The highest BCUT2D eigenvalue weighted by Gasteiger charge is 2.19. The third kappa shape index (κ3) is 47.7. The molecule has 0 aliphatic carbocycles. The predicted octanol–water partition coefficient (Wildman–Crippen LogP) is 17.7. The average Bonchev–Trinajstić information content (AvgIpc) is 3.24. The minimum absolute atomic E-state index is 0.0633. The van der Waals surface area contributed by atoms with E-state index in [0.29, 0.717) is 19.3 Å². The van der Waals surface area contributed by atoms with Crippen LogP contribution in [0.5, 0.6) is 0 Å². The molecular formula is C55H106O6. The Bertz CT molecular complexity index is 933. The van der Waals surface area contributed by atoms with Crippen molar-refractivity contribution in [3.05, 3.63) is 0 Å². The van der Waals surface area contributed by atoms with Crippen LogP contribution < -0.4 is 0 Å². The van der Waals surface area contributed by atoms with E-state index in [1.807, 2.05) is 0 Å². The van der Waals surface area contributed by atoms with Gasteiger partial charge in [0.15, 0.2) is 6.10 Å². The summed E-state index contributed by atoms with van der Waals surface area (Å²) in [4.78, 5) is 38.0. The SMILES string of the molecule is CCCCCCCCCCCCC(=O)OC[C@@H](COC(=O)CCCCCCCCCCCCCCC(C)C)OC(=O)CCCCCCCCCCCCCCCCC(C)CC. The molecule has 6 nitrogen and oxygen atoms in total. The third-order valence-electron chi connectivity index (χ3n) is 12.8. The molecule has 0 fully saturated rings. The molecule has 0 saturated carbocycles. The van der Waals surface area contributed by atoms with Crippen LogP contribution in [0.2, 0.25) is 0 Å². The van der Waals surface area contributed by atoms with Crippen molar-refractivity contribution in [2.24, 2.45) is 11.8 Å². The van der Waals surface area contributed by atoms with Crippen molar-refractivity contribution < 1.29 is 28.6 Å². The van der Waals surface area contributed by atoms with Crippen LogP contribution in [0, 0.1) is 11.8 Å². The number of carbonyl (C=O) groups is 3. The van der Waals surface area contributed by atoms with Crippen molar-refractivity contribution in [2.75, 3.05) is 13.2 Å². The highest BCUT2D eigenvalue weighted by Crippen LogP contribution is 2.18. The van der Waals surface area contributed by atoms with Gasteiger partial charge in [0.05, 0.1) is 0 Å². The molecule has 0 N–H and O–H groups in total. The molecule has 0 spiro atoms. The molecule has 0 aliphatic rings. The zero-order valence-corrected chi connectivity index (χ0v) is 41.8. The summed E-state index contributed by atoms with van der Waals surface area (Å²) in [7, 11) is 0. The molecule has 0 saturated heterocycles. The van der Waals surface area contributed by atoms with Gasteiger partial charge in [-0.2, -0.15) is 0 Å². The van der Waals surface area contributed by atoms with Gasteiger partial charge in [-0.3, -0.25) is 14.4 Å². The van der Waals surface area contributed by atoms with Gasteiger partial charge in [-0.1, -0.05) is 266 Å². The largest absolute Gasteiger partial charge is 0.462 e. The molecule has 0 aromatic rings. The molecule has 0 heterocycles. The summed E-state index contributed by atoms with van der Waals surface area (Å²) < 4.78 is 16.8. The Morgan fingerprint density at radius 2 is 0.623 bits per heavy atom. The first-order valence-electron chi connectivity index (χ1n) is 27.3. The van der Waals surface area contributed by atoms with Gasteiger partial charge >= 0.3 is 17.9 Å². The van der Waals surface area contributed by atoms with Crippen molar-refractivity contribution in [1.82, 2.24) is 0 Å². The summed E-state index contributed by atoms with van der Waals surface area (Å²) >= 11 is 0. The van der Waals surface area contributed by atoms with E-state index in [-0.39, 0.29) is 31.1 Å². The zero-order chi connectivity index (χ0) is 44.7. The Hall–Kier alpha value is -1.59. The second-order valence-corrected chi connectivity index (χ2v) is 19.6. The van der Waals surface area contributed by atoms with Gasteiger partial charge in [0.1, 0.15) is 13.2 Å². The molecule has 0 bridgehead atoms. The van der Waals surface area contributed by atoms with Crippen LogP contribution in [-0.4, -0.2) is 37.2 Å². The Morgan fingerprint density at radius 3 is 0.934 bits per heavy atom. The van der Waals surface area contributed by atoms with E-state index < -0.39 is 6.10 Å². The Labute approximate surface area is 380 Å². The molecule has 0 amide bonds. The van der Waals surface area contributed by atoms with E-state index in [2.05, 4.69) is 34.6 Å². The Kier molecular flexibility index (Phi) is 46.6. The van der Waals surface area contributed by atoms with Crippen molar-refractivity contribution in [3.8, 4) is 0 Å². The second kappa shape index (κ2) is 47.9. The van der Waals surface area contributed by atoms with Crippen LogP contribution in [0.1, 0.15) is 304 Å². The van der Waals surface area contributed by atoms with E-state index in [4.69, 9.17) is 14.2 Å². The maximum absolute atomic E-state index is 12.8. The van der Waals surface area contributed by atoms with Gasteiger partial charge < -0.3 is 14.2 Å². The van der Waals surface area contributed by atoms with E-state index >= 15 is 0 Å². The normalized spacial score (nSPS) is 12.5. The predicted molar refractivity (Wildman–Crippen MR) is 261 cm³/mol. The lowest BCUT2D eigenvalue weighted by molar-refractivity contribution is -0.167. The van der Waals surface area contributed by atoms with E-state index in [9.17, 15) is 14.4 Å². The lowest BCUT2D eigenvalue weighted by atomic mass is 9.99. The second-order valence-electron chi connectivity index (χ2n) is 19.6. The van der Waals surface area contributed by atoms with E-state index in [0.717, 1.165) is 69.6 Å². The van der Waals surface area contributed by atoms with Crippen molar-refractivity contribution >= 4 is 17.9 Å². The summed E-state index contributed by atoms with van der Waals surface area (Å²) in [6, 6.07) is 0. The van der Waals surface area contributed by atoms with Crippen LogP contribution in [0.25, 0.3) is 0 Å². The number of unbranched alkanes of at least 4 members (excludes halogenated alkanes) is 33. The van der Waals surface area contributed by atoms with Crippen LogP contribution >= 0.6 is 0 Å². The van der Waals surface area contributed by atoms with Gasteiger partial charge in [-0.25, -0.2) is 0 Å². The minimum atomic E-state index is -0.761. The number of esters is 3. The molecule has 0 aromatic carbocycles. The highest BCUT2D eigenvalue weighted by molar-refractivity contribution is 5.71. The first kappa shape index (κ1) is 59.4. The van der Waals surface area contributed by atoms with E-state index in [1.54, 1.807) is 0 Å². The molecule has 362 valence electrons. The van der Waals surface area contributed by atoms with Crippen LogP contribution in [0.4, 0.5) is 0 Å². The molecule has 0 rings (SSSR count). The summed E-state index contributed by atoms with van der Waals surface area (Å²) in [6.45, 7) is 11.4. The maximum Gasteiger partial charge on any atom is 0.306 e. The van der Waals surface area contributed by atoms with Gasteiger partial charge in [0.25, 0.3) is 0 Å². The number of ether oxygens (including phenoxy) is 3. The van der Waals surface area contributed by atoms with Gasteiger partial charge in [-0.05, 0) is 31.1 Å². The summed E-state index contributed by atoms with van der Waals surface area (Å²) in [6.07, 6.45) is 49.4. The standard InChI is InChI=1S/C55H106O6/c1-6-8-9-10-11-12-25-30-35-40-45-53(56)59-48-52(49-60-54(57)46-41-36-31-26-21-18-17-19-23-28-33-38-43-50(3)4)61-55(58)47-42-37-32-27-22-16-14-13-15-20-24-29-34-39-44-51(5)7-2/h50-52H,6-49H2,1-5H3/t51?,52-/m0/s1. The van der Waals surface area contributed by atoms with Crippen LogP contribution in [0.15, 0.2) is 0 Å². The lowest BCUT2D eigenvalue weighted by Crippen LogP contribution is -2.30. The zero-order valence-electron chi connectivity index (χ0n) is 41.8. The number of rotatable bonds is 49. The van der Waals surface area contributed by atoms with Crippen LogP contribution in [0.3, 0.4) is 0 Å². The van der Waals surface area contributed by atoms with Crippen molar-refractivity contribution in [3.63, 3.8) is 0 Å². The molecule has 6 heteroatoms. The molecule has 1 unspecified atom stereocenters. The summed E-state index contributed by atoms with van der Waals surface area (Å²) in [5.74, 6) is 0.883. The Morgan fingerprint density at radius 1 is 0.344 bits per heavy atom. The molecule has 61 heavy (non-hydrogen) atoms. The number of hydrogen-bond acceptors (Lipinski definition) is 6. The average molecular weight is 863 g/mol. The van der Waals surface area contributed by atoms with Gasteiger partial charge in [0, 0.05) is 19.3 Å².